The Morgan fingerprint density at radius 1 is 1.56 bits per heavy atom. The number of hydrogen-bond donors (Lipinski definition) is 1. The molecule has 100 valence electrons. The lowest BCUT2D eigenvalue weighted by atomic mass is 10.1. The van der Waals surface area contributed by atoms with Crippen LogP contribution in [0, 0.1) is 11.7 Å². The van der Waals surface area contributed by atoms with Crippen LogP contribution >= 0.6 is 12.2 Å². The first-order chi connectivity index (χ1) is 8.61. The van der Waals surface area contributed by atoms with Crippen LogP contribution in [0.3, 0.4) is 0 Å². The van der Waals surface area contributed by atoms with E-state index in [-0.39, 0.29) is 6.09 Å². The quantitative estimate of drug-likeness (QED) is 0.840. The highest BCUT2D eigenvalue weighted by atomic mass is 32.1. The molecule has 1 N–H and O–H groups in total. The Labute approximate surface area is 112 Å². The van der Waals surface area contributed by atoms with Gasteiger partial charge in [-0.05, 0) is 38.9 Å². The molecule has 0 bridgehead atoms. The Morgan fingerprint density at radius 3 is 2.72 bits per heavy atom. The second-order valence-electron chi connectivity index (χ2n) is 4.57. The number of piperidine rings is 1. The summed E-state index contributed by atoms with van der Waals surface area (Å²) in [6.07, 6.45) is 3.69. The van der Waals surface area contributed by atoms with Gasteiger partial charge in [-0.15, -0.1) is 0 Å². The predicted molar refractivity (Wildman–Crippen MR) is 71.2 cm³/mol. The van der Waals surface area contributed by atoms with Gasteiger partial charge in [0.25, 0.3) is 0 Å². The van der Waals surface area contributed by atoms with E-state index in [1.807, 2.05) is 20.0 Å². The molecule has 18 heavy (non-hydrogen) atoms. The van der Waals surface area contributed by atoms with Crippen molar-refractivity contribution in [3.05, 3.63) is 16.7 Å². The van der Waals surface area contributed by atoms with E-state index in [4.69, 9.17) is 17.0 Å². The Morgan fingerprint density at radius 2 is 2.22 bits per heavy atom. The first kappa shape index (κ1) is 13.1. The number of likely N-dealkylation sites (tertiary alicyclic amines) is 1. The van der Waals surface area contributed by atoms with Gasteiger partial charge in [0.05, 0.1) is 6.61 Å². The number of H-pyrrole nitrogens is 1. The molecule has 2 heterocycles. The van der Waals surface area contributed by atoms with Gasteiger partial charge in [0, 0.05) is 31.0 Å². The van der Waals surface area contributed by atoms with E-state index in [0.29, 0.717) is 12.6 Å². The fourth-order valence-corrected chi connectivity index (χ4v) is 2.71. The van der Waals surface area contributed by atoms with Crippen molar-refractivity contribution in [1.29, 1.82) is 0 Å². The van der Waals surface area contributed by atoms with Crippen LogP contribution in [0.1, 0.15) is 31.5 Å². The van der Waals surface area contributed by atoms with Crippen LogP contribution in [0.5, 0.6) is 0 Å². The highest BCUT2D eigenvalue weighted by molar-refractivity contribution is 7.71. The number of aromatic amines is 1. The summed E-state index contributed by atoms with van der Waals surface area (Å²) in [5.74, 6) is 0. The topological polar surface area (TPSA) is 50.3 Å². The van der Waals surface area contributed by atoms with Gasteiger partial charge in [-0.3, -0.25) is 0 Å². The van der Waals surface area contributed by atoms with Crippen molar-refractivity contribution in [3.8, 4) is 0 Å². The van der Waals surface area contributed by atoms with Gasteiger partial charge < -0.3 is 19.2 Å². The monoisotopic (exact) mass is 269 g/mol. The number of imidazole rings is 1. The Balaban J connectivity index is 1.96. The Kier molecular flexibility index (Phi) is 4.06. The third kappa shape index (κ3) is 2.75. The van der Waals surface area contributed by atoms with E-state index >= 15 is 0 Å². The molecule has 1 aliphatic rings. The number of hydrogen-bond acceptors (Lipinski definition) is 3. The van der Waals surface area contributed by atoms with Crippen molar-refractivity contribution in [2.75, 3.05) is 19.7 Å². The summed E-state index contributed by atoms with van der Waals surface area (Å²) in [4.78, 5) is 16.5. The molecule has 0 spiro atoms. The smallest absolute Gasteiger partial charge is 0.409 e. The maximum Gasteiger partial charge on any atom is 0.409 e. The van der Waals surface area contributed by atoms with Crippen molar-refractivity contribution in [1.82, 2.24) is 14.5 Å². The maximum atomic E-state index is 11.6. The van der Waals surface area contributed by atoms with E-state index in [1.165, 1.54) is 0 Å². The van der Waals surface area contributed by atoms with Crippen LogP contribution in [0.4, 0.5) is 4.79 Å². The van der Waals surface area contributed by atoms with Gasteiger partial charge in [-0.25, -0.2) is 4.79 Å². The molecule has 6 heteroatoms. The van der Waals surface area contributed by atoms with Crippen molar-refractivity contribution in [2.45, 2.75) is 32.7 Å². The highest BCUT2D eigenvalue weighted by Crippen LogP contribution is 2.23. The second kappa shape index (κ2) is 5.56. The molecule has 0 radical (unpaired) electrons. The number of ether oxygens (including phenoxy) is 1. The van der Waals surface area contributed by atoms with Crippen molar-refractivity contribution in [2.24, 2.45) is 0 Å². The predicted octanol–water partition coefficient (Wildman–Crippen LogP) is 2.65. The zero-order valence-electron chi connectivity index (χ0n) is 10.8. The molecule has 1 fully saturated rings. The van der Waals surface area contributed by atoms with Crippen molar-refractivity contribution < 1.29 is 9.53 Å². The van der Waals surface area contributed by atoms with Gasteiger partial charge in [-0.1, -0.05) is 0 Å². The first-order valence-corrected chi connectivity index (χ1v) is 6.72. The largest absolute Gasteiger partial charge is 0.450 e. The van der Waals surface area contributed by atoms with Crippen LogP contribution in [0.2, 0.25) is 0 Å². The standard InChI is InChI=1S/C12H19N3O2S/c1-3-17-12(16)14-6-4-10(5-7-14)15-8-9(2)13-11(15)18/h8,10H,3-7H2,1-2H3,(H,13,18). The average Bonchev–Trinajstić information content (AvgIpc) is 2.69. The number of nitrogens with one attached hydrogen (secondary N) is 1. The second-order valence-corrected chi connectivity index (χ2v) is 4.95. The summed E-state index contributed by atoms with van der Waals surface area (Å²) in [7, 11) is 0. The minimum atomic E-state index is -0.204. The molecule has 2 rings (SSSR count). The summed E-state index contributed by atoms with van der Waals surface area (Å²) < 4.78 is 7.87. The Bertz CT molecular complexity index is 472. The number of aromatic nitrogens is 2. The molecule has 1 aromatic rings. The zero-order valence-corrected chi connectivity index (χ0v) is 11.6. The van der Waals surface area contributed by atoms with Crippen molar-refractivity contribution in [3.63, 3.8) is 0 Å². The highest BCUT2D eigenvalue weighted by Gasteiger charge is 2.24. The summed E-state index contributed by atoms with van der Waals surface area (Å²) in [6.45, 7) is 5.72. The third-order valence-electron chi connectivity index (χ3n) is 3.26. The molecule has 1 aliphatic heterocycles. The first-order valence-electron chi connectivity index (χ1n) is 6.31. The molecule has 0 atom stereocenters. The number of nitrogens with zero attached hydrogens (tertiary/aromatic N) is 2. The molecular weight excluding hydrogens is 250 g/mol. The molecule has 0 aliphatic carbocycles. The molecule has 0 unspecified atom stereocenters. The number of rotatable bonds is 2. The van der Waals surface area contributed by atoms with Crippen LogP contribution in [0.15, 0.2) is 6.20 Å². The number of carbonyl (C=O) groups excluding carboxylic acids is 1. The lowest BCUT2D eigenvalue weighted by molar-refractivity contribution is 0.0926. The van der Waals surface area contributed by atoms with E-state index in [1.54, 1.807) is 4.90 Å². The van der Waals surface area contributed by atoms with Gasteiger partial charge >= 0.3 is 6.09 Å². The maximum absolute atomic E-state index is 11.6. The van der Waals surface area contributed by atoms with Crippen LogP contribution in [-0.2, 0) is 4.74 Å². The zero-order chi connectivity index (χ0) is 13.1. The molecule has 0 aromatic carbocycles. The van der Waals surface area contributed by atoms with Gasteiger partial charge in [0.1, 0.15) is 0 Å². The molecule has 5 nitrogen and oxygen atoms in total. The number of amides is 1. The molecular formula is C12H19N3O2S. The van der Waals surface area contributed by atoms with Gasteiger partial charge in [-0.2, -0.15) is 0 Å². The Hall–Kier alpha value is -1.30. The van der Waals surface area contributed by atoms with Crippen LogP contribution in [0.25, 0.3) is 0 Å². The molecule has 1 amide bonds. The fraction of sp³-hybridized carbons (Fsp3) is 0.667. The minimum Gasteiger partial charge on any atom is -0.450 e. The average molecular weight is 269 g/mol. The van der Waals surface area contributed by atoms with Crippen LogP contribution < -0.4 is 0 Å². The molecule has 1 saturated heterocycles. The summed E-state index contributed by atoms with van der Waals surface area (Å²) in [5, 5.41) is 0. The third-order valence-corrected chi connectivity index (χ3v) is 3.57. The lowest BCUT2D eigenvalue weighted by Gasteiger charge is -2.31. The lowest BCUT2D eigenvalue weighted by Crippen LogP contribution is -2.39. The normalized spacial score (nSPS) is 16.9. The van der Waals surface area contributed by atoms with Gasteiger partial charge in [0.15, 0.2) is 4.77 Å². The SMILES string of the molecule is CCOC(=O)N1CCC(n2cc(C)[nH]c2=S)CC1. The van der Waals surface area contributed by atoms with Gasteiger partial charge in [0.2, 0.25) is 0 Å². The summed E-state index contributed by atoms with van der Waals surface area (Å²) in [5.41, 5.74) is 1.08. The van der Waals surface area contributed by atoms with E-state index in [9.17, 15) is 4.79 Å². The number of aryl methyl sites for hydroxylation is 1. The molecule has 1 aromatic heterocycles. The van der Waals surface area contributed by atoms with E-state index < -0.39 is 0 Å². The summed E-state index contributed by atoms with van der Waals surface area (Å²) >= 11 is 5.28. The van der Waals surface area contributed by atoms with Crippen molar-refractivity contribution >= 4 is 18.3 Å². The van der Waals surface area contributed by atoms with Crippen LogP contribution in [-0.4, -0.2) is 40.2 Å². The minimum absolute atomic E-state index is 0.204. The molecule has 0 saturated carbocycles. The number of carbonyl (C=O) groups is 1. The van der Waals surface area contributed by atoms with E-state index in [2.05, 4.69) is 9.55 Å². The van der Waals surface area contributed by atoms with E-state index in [0.717, 1.165) is 36.4 Å². The summed E-state index contributed by atoms with van der Waals surface area (Å²) in [6, 6.07) is 0.383. The fourth-order valence-electron chi connectivity index (χ4n) is 2.35.